The van der Waals surface area contributed by atoms with E-state index in [0.717, 1.165) is 44.4 Å². The lowest BCUT2D eigenvalue weighted by Gasteiger charge is -2.17. The first kappa shape index (κ1) is 16.4. The van der Waals surface area contributed by atoms with Gasteiger partial charge < -0.3 is 10.2 Å². The van der Waals surface area contributed by atoms with Crippen LogP contribution in [0.25, 0.3) is 0 Å². The van der Waals surface area contributed by atoms with Crippen LogP contribution in [0.3, 0.4) is 0 Å². The third-order valence-corrected chi connectivity index (χ3v) is 3.99. The molecule has 0 saturated carbocycles. The Morgan fingerprint density at radius 2 is 1.95 bits per heavy atom. The second-order valence-electron chi connectivity index (χ2n) is 6.54. The maximum absolute atomic E-state index is 13.1. The lowest BCUT2D eigenvalue weighted by Crippen LogP contribution is -2.29. The van der Waals surface area contributed by atoms with Gasteiger partial charge in [-0.1, -0.05) is 13.8 Å². The maximum Gasteiger partial charge on any atom is 0.126 e. The molecule has 1 fully saturated rings. The highest BCUT2D eigenvalue weighted by molar-refractivity contribution is 5.18. The van der Waals surface area contributed by atoms with E-state index in [1.807, 2.05) is 0 Å². The molecular weight excluding hydrogens is 270 g/mol. The molecule has 0 radical (unpaired) electrons. The second-order valence-corrected chi connectivity index (χ2v) is 6.54. The second kappa shape index (κ2) is 7.85. The standard InChI is InChI=1S/C17H26F2N2/c1-13(2)10-20-11-15-4-6-21(12-15)5-3-14-7-16(18)9-17(19)8-14/h7-9,13,15,20H,3-6,10-12H2,1-2H3. The topological polar surface area (TPSA) is 15.3 Å². The lowest BCUT2D eigenvalue weighted by atomic mass is 10.1. The molecular formula is C17H26F2N2. The van der Waals surface area contributed by atoms with Crippen LogP contribution < -0.4 is 5.32 Å². The van der Waals surface area contributed by atoms with Crippen molar-refractivity contribution >= 4 is 0 Å². The van der Waals surface area contributed by atoms with Gasteiger partial charge in [0.05, 0.1) is 0 Å². The Bertz CT molecular complexity index is 428. The number of hydrogen-bond donors (Lipinski definition) is 1. The van der Waals surface area contributed by atoms with Crippen LogP contribution >= 0.6 is 0 Å². The monoisotopic (exact) mass is 296 g/mol. The summed E-state index contributed by atoms with van der Waals surface area (Å²) in [7, 11) is 0. The largest absolute Gasteiger partial charge is 0.316 e. The van der Waals surface area contributed by atoms with Gasteiger partial charge in [-0.2, -0.15) is 0 Å². The van der Waals surface area contributed by atoms with Gasteiger partial charge in [0.25, 0.3) is 0 Å². The normalized spacial score (nSPS) is 19.6. The van der Waals surface area contributed by atoms with Crippen LogP contribution in [0.5, 0.6) is 0 Å². The molecule has 0 aromatic heterocycles. The zero-order valence-corrected chi connectivity index (χ0v) is 13.0. The van der Waals surface area contributed by atoms with Crippen LogP contribution in [0.1, 0.15) is 25.8 Å². The molecule has 0 aliphatic carbocycles. The lowest BCUT2D eigenvalue weighted by molar-refractivity contribution is 0.324. The van der Waals surface area contributed by atoms with Crippen LogP contribution in [0, 0.1) is 23.5 Å². The van der Waals surface area contributed by atoms with E-state index < -0.39 is 11.6 Å². The molecule has 4 heteroatoms. The summed E-state index contributed by atoms with van der Waals surface area (Å²) in [5, 5.41) is 3.51. The van der Waals surface area contributed by atoms with E-state index in [0.29, 0.717) is 18.3 Å². The summed E-state index contributed by atoms with van der Waals surface area (Å²) in [5.74, 6) is 0.419. The molecule has 118 valence electrons. The van der Waals surface area contributed by atoms with Crippen molar-refractivity contribution in [2.45, 2.75) is 26.7 Å². The van der Waals surface area contributed by atoms with Crippen molar-refractivity contribution in [2.75, 3.05) is 32.7 Å². The zero-order valence-electron chi connectivity index (χ0n) is 13.0. The summed E-state index contributed by atoms with van der Waals surface area (Å²) in [6.07, 6.45) is 1.92. The van der Waals surface area contributed by atoms with Crippen LogP contribution in [-0.2, 0) is 6.42 Å². The van der Waals surface area contributed by atoms with Gasteiger partial charge in [-0.25, -0.2) is 8.78 Å². The minimum atomic E-state index is -0.484. The summed E-state index contributed by atoms with van der Waals surface area (Å²) >= 11 is 0. The van der Waals surface area contributed by atoms with E-state index in [-0.39, 0.29) is 0 Å². The minimum absolute atomic E-state index is 0.484. The van der Waals surface area contributed by atoms with Crippen LogP contribution in [0.15, 0.2) is 18.2 Å². The molecule has 1 aliphatic heterocycles. The van der Waals surface area contributed by atoms with Gasteiger partial charge in [0.15, 0.2) is 0 Å². The summed E-state index contributed by atoms with van der Waals surface area (Å²) in [4.78, 5) is 2.39. The fourth-order valence-electron chi connectivity index (χ4n) is 2.90. The van der Waals surface area contributed by atoms with E-state index in [9.17, 15) is 8.78 Å². The number of hydrogen-bond acceptors (Lipinski definition) is 2. The van der Waals surface area contributed by atoms with Crippen molar-refractivity contribution < 1.29 is 8.78 Å². The van der Waals surface area contributed by atoms with Gasteiger partial charge in [0.2, 0.25) is 0 Å². The molecule has 0 spiro atoms. The third kappa shape index (κ3) is 5.71. The van der Waals surface area contributed by atoms with Crippen molar-refractivity contribution in [1.82, 2.24) is 10.2 Å². The highest BCUT2D eigenvalue weighted by atomic mass is 19.1. The average molecular weight is 296 g/mol. The predicted octanol–water partition coefficient (Wildman–Crippen LogP) is 3.07. The molecule has 0 bridgehead atoms. The van der Waals surface area contributed by atoms with Crippen molar-refractivity contribution in [3.63, 3.8) is 0 Å². The molecule has 1 heterocycles. The Balaban J connectivity index is 1.70. The Kier molecular flexibility index (Phi) is 6.12. The van der Waals surface area contributed by atoms with Crippen LogP contribution in [0.4, 0.5) is 8.78 Å². The molecule has 1 aliphatic rings. The summed E-state index contributed by atoms with van der Waals surface area (Å²) < 4.78 is 26.3. The van der Waals surface area contributed by atoms with Gasteiger partial charge in [-0.3, -0.25) is 0 Å². The first-order valence-electron chi connectivity index (χ1n) is 7.91. The van der Waals surface area contributed by atoms with Crippen LogP contribution in [0.2, 0.25) is 0 Å². The average Bonchev–Trinajstić information content (AvgIpc) is 2.83. The first-order valence-corrected chi connectivity index (χ1v) is 7.91. The highest BCUT2D eigenvalue weighted by Gasteiger charge is 2.21. The Hall–Kier alpha value is -1.00. The summed E-state index contributed by atoms with van der Waals surface area (Å²) in [5.41, 5.74) is 0.744. The molecule has 2 nitrogen and oxygen atoms in total. The highest BCUT2D eigenvalue weighted by Crippen LogP contribution is 2.16. The van der Waals surface area contributed by atoms with Gasteiger partial charge in [0.1, 0.15) is 11.6 Å². The number of nitrogens with one attached hydrogen (secondary N) is 1. The molecule has 21 heavy (non-hydrogen) atoms. The Morgan fingerprint density at radius 3 is 2.62 bits per heavy atom. The molecule has 2 rings (SSSR count). The maximum atomic E-state index is 13.1. The van der Waals surface area contributed by atoms with Gasteiger partial charge in [-0.05, 0) is 62.0 Å². The molecule has 1 N–H and O–H groups in total. The smallest absolute Gasteiger partial charge is 0.126 e. The SMILES string of the molecule is CC(C)CNCC1CCN(CCc2cc(F)cc(F)c2)C1. The number of halogens is 2. The summed E-state index contributed by atoms with van der Waals surface area (Å²) in [6.45, 7) is 9.62. The molecule has 0 amide bonds. The summed E-state index contributed by atoms with van der Waals surface area (Å²) in [6, 6.07) is 3.79. The predicted molar refractivity (Wildman–Crippen MR) is 82.3 cm³/mol. The number of rotatable bonds is 7. The van der Waals surface area contributed by atoms with Crippen molar-refractivity contribution in [3.05, 3.63) is 35.4 Å². The molecule has 1 aromatic rings. The van der Waals surface area contributed by atoms with Crippen molar-refractivity contribution in [1.29, 1.82) is 0 Å². The Labute approximate surface area is 126 Å². The Morgan fingerprint density at radius 1 is 1.24 bits per heavy atom. The minimum Gasteiger partial charge on any atom is -0.316 e. The molecule has 1 atom stereocenters. The first-order chi connectivity index (χ1) is 10.0. The fourth-order valence-corrected chi connectivity index (χ4v) is 2.90. The van der Waals surface area contributed by atoms with Crippen molar-refractivity contribution in [3.8, 4) is 0 Å². The van der Waals surface area contributed by atoms with Crippen molar-refractivity contribution in [2.24, 2.45) is 11.8 Å². The van der Waals surface area contributed by atoms with E-state index >= 15 is 0 Å². The van der Waals surface area contributed by atoms with E-state index in [1.165, 1.54) is 18.6 Å². The number of nitrogens with zero attached hydrogens (tertiary/aromatic N) is 1. The fraction of sp³-hybridized carbons (Fsp3) is 0.647. The van der Waals surface area contributed by atoms with Gasteiger partial charge >= 0.3 is 0 Å². The molecule has 1 unspecified atom stereocenters. The van der Waals surface area contributed by atoms with E-state index in [1.54, 1.807) is 0 Å². The number of benzene rings is 1. The molecule has 1 saturated heterocycles. The van der Waals surface area contributed by atoms with Gasteiger partial charge in [0, 0.05) is 19.2 Å². The van der Waals surface area contributed by atoms with Gasteiger partial charge in [-0.15, -0.1) is 0 Å². The quantitative estimate of drug-likeness (QED) is 0.832. The van der Waals surface area contributed by atoms with E-state index in [4.69, 9.17) is 0 Å². The third-order valence-electron chi connectivity index (χ3n) is 3.99. The number of likely N-dealkylation sites (tertiary alicyclic amines) is 1. The molecule has 1 aromatic carbocycles. The van der Waals surface area contributed by atoms with Crippen LogP contribution in [-0.4, -0.2) is 37.6 Å². The van der Waals surface area contributed by atoms with E-state index in [2.05, 4.69) is 24.1 Å². The zero-order chi connectivity index (χ0) is 15.2.